The van der Waals surface area contributed by atoms with E-state index in [1.54, 1.807) is 121 Å². The molecule has 0 radical (unpaired) electrons. The van der Waals surface area contributed by atoms with Crippen LogP contribution in [0, 0.1) is 87.3 Å². The van der Waals surface area contributed by atoms with Gasteiger partial charge in [-0.3, -0.25) is 0 Å². The molecule has 0 bridgehead atoms. The van der Waals surface area contributed by atoms with E-state index in [9.17, 15) is 0 Å². The van der Waals surface area contributed by atoms with E-state index in [4.69, 9.17) is 0 Å². The first kappa shape index (κ1) is 59.3. The van der Waals surface area contributed by atoms with Gasteiger partial charge < -0.3 is 10.9 Å². The van der Waals surface area contributed by atoms with Crippen molar-refractivity contribution in [1.82, 2.24) is 0 Å². The standard InChI is InChI=1S/C60H29BF20S3/c62-40-37(41(63)47(69)52(74)46(40)68)61(38-42(64)48(70)53(75)49(71)43(38)65,39-44(66)50(72)54(76)51(73)45(39)67)60(58(80)56(78)55(77)57(79)59(60)81)84(35-25-21-33(22-26-35)82(29-13-5-1-6-14-29)30-15-7-2-8-16-30)36-27-23-34(24-28-36)83(31-17-9-3-10-18-31)32-19-11-4-12-20-32/h1-28,58H. The van der Waals surface area contributed by atoms with Crippen LogP contribution in [-0.2, 0) is 32.7 Å². The first-order valence-electron chi connectivity index (χ1n) is 24.2. The molecule has 0 fully saturated rings. The van der Waals surface area contributed by atoms with E-state index < -0.39 is 186 Å². The highest BCUT2D eigenvalue weighted by atomic mass is 32.2. The predicted octanol–water partition coefficient (Wildman–Crippen LogP) is 16.1. The molecule has 0 aliphatic heterocycles. The lowest BCUT2D eigenvalue weighted by atomic mass is 9.09. The Kier molecular flexibility index (Phi) is 16.2. The van der Waals surface area contributed by atoms with Crippen LogP contribution in [0.3, 0.4) is 0 Å². The molecule has 0 nitrogen and oxygen atoms in total. The van der Waals surface area contributed by atoms with Gasteiger partial charge in [-0.1, -0.05) is 97.1 Å². The molecule has 10 rings (SSSR count). The first-order chi connectivity index (χ1) is 40.1. The number of allylic oxidation sites excluding steroid dienone is 3. The molecule has 0 saturated carbocycles. The zero-order valence-corrected chi connectivity index (χ0v) is 44.1. The maximum atomic E-state index is 19.1. The van der Waals surface area contributed by atoms with Crippen LogP contribution in [0.5, 0.6) is 0 Å². The van der Waals surface area contributed by atoms with Crippen molar-refractivity contribution in [1.29, 1.82) is 0 Å². The van der Waals surface area contributed by atoms with Crippen molar-refractivity contribution >= 4 is 55.2 Å². The van der Waals surface area contributed by atoms with Gasteiger partial charge in [-0.15, -0.1) is 21.0 Å². The van der Waals surface area contributed by atoms with E-state index in [0.717, 1.165) is 48.5 Å². The Morgan fingerprint density at radius 3 is 0.762 bits per heavy atom. The molecule has 24 heteroatoms. The SMILES string of the molecule is FC1=C(F)C(F)C([S-](c2ccc([S+](c3ccccc3)c3ccccc3)cc2)c2ccc([S+](c3ccccc3)c3ccccc3)cc2)([B-](c2c(F)c(F)c(F)c(F)c2F)(c2c(F)c(F)c(F)c(F)c2F)c2c(F)c(F)c(F)c(F)c2F)C(F)=C1F. The molecular formula is C60H29BF20S3. The van der Waals surface area contributed by atoms with Gasteiger partial charge in [0.25, 0.3) is 0 Å². The Labute approximate surface area is 471 Å². The largest absolute Gasteiger partial charge is 0.474 e. The Hall–Kier alpha value is -7.83. The maximum absolute atomic E-state index is 19.1. The fourth-order valence-corrected chi connectivity index (χ4v) is 18.0. The summed E-state index contributed by atoms with van der Waals surface area (Å²) in [6, 6.07) is 39.5. The highest BCUT2D eigenvalue weighted by Gasteiger charge is 2.64. The van der Waals surface area contributed by atoms with Gasteiger partial charge >= 0.3 is 0 Å². The number of alkyl halides is 1. The average molecular weight is 1240 g/mol. The third-order valence-electron chi connectivity index (χ3n) is 14.1. The summed E-state index contributed by atoms with van der Waals surface area (Å²) in [6.45, 7) is 0. The van der Waals surface area contributed by atoms with Gasteiger partial charge in [0.15, 0.2) is 99.2 Å². The normalized spacial score (nSPS) is 15.9. The summed E-state index contributed by atoms with van der Waals surface area (Å²) in [6.07, 6.45) is -12.8. The average Bonchev–Trinajstić information content (AvgIpc) is 0.661. The van der Waals surface area contributed by atoms with Gasteiger partial charge in [-0.05, 0) is 72.8 Å². The summed E-state index contributed by atoms with van der Waals surface area (Å²) < 4.78 is 332. The molecule has 9 aromatic rings. The summed E-state index contributed by atoms with van der Waals surface area (Å²) in [7, 11) is -6.68. The van der Waals surface area contributed by atoms with Crippen molar-refractivity contribution in [3.8, 4) is 0 Å². The zero-order chi connectivity index (χ0) is 60.4. The number of hydrogen-bond donors (Lipinski definition) is 0. The summed E-state index contributed by atoms with van der Waals surface area (Å²) in [5, 5.41) is 0. The molecule has 0 spiro atoms. The molecule has 0 aromatic heterocycles. The van der Waals surface area contributed by atoms with Crippen molar-refractivity contribution in [2.75, 3.05) is 0 Å². The summed E-state index contributed by atoms with van der Waals surface area (Å²) in [4.78, 5) is 0.178. The second kappa shape index (κ2) is 23.0. The quantitative estimate of drug-likeness (QED) is 0.0270. The van der Waals surface area contributed by atoms with Gasteiger partial charge in [0.2, 0.25) is 0 Å². The Morgan fingerprint density at radius 1 is 0.286 bits per heavy atom. The third-order valence-corrected chi connectivity index (χ3v) is 21.4. The molecule has 84 heavy (non-hydrogen) atoms. The molecule has 1 aliphatic carbocycles. The van der Waals surface area contributed by atoms with E-state index >= 15 is 87.8 Å². The van der Waals surface area contributed by atoms with Crippen molar-refractivity contribution in [2.24, 2.45) is 0 Å². The first-order valence-corrected chi connectivity index (χ1v) is 27.8. The van der Waals surface area contributed by atoms with Gasteiger partial charge in [0, 0.05) is 0 Å². The topological polar surface area (TPSA) is 0 Å². The number of rotatable bonds is 13. The Bertz CT molecular complexity index is 3640. The van der Waals surface area contributed by atoms with Crippen LogP contribution in [0.4, 0.5) is 87.8 Å². The fourth-order valence-electron chi connectivity index (χ4n) is 10.6. The highest BCUT2D eigenvalue weighted by molar-refractivity contribution is 8.01. The number of halogens is 20. The molecule has 0 amide bonds. The summed E-state index contributed by atoms with van der Waals surface area (Å²) in [5.41, 5.74) is -10.8. The lowest BCUT2D eigenvalue weighted by Gasteiger charge is -2.71. The van der Waals surface area contributed by atoms with Crippen LogP contribution < -0.4 is 16.4 Å². The number of hydrogen-bond acceptors (Lipinski definition) is 1. The van der Waals surface area contributed by atoms with Crippen LogP contribution in [-0.4, -0.2) is 17.0 Å². The van der Waals surface area contributed by atoms with Crippen LogP contribution >= 0.6 is 0 Å². The van der Waals surface area contributed by atoms with Crippen molar-refractivity contribution in [3.05, 3.63) is 280 Å². The molecule has 1 aliphatic rings. The second-order valence-corrected chi connectivity index (χ2v) is 24.7. The number of benzene rings is 9. The minimum Gasteiger partial charge on any atom is -0.474 e. The monoisotopic (exact) mass is 1240 g/mol. The van der Waals surface area contributed by atoms with Crippen LogP contribution in [0.15, 0.2) is 232 Å². The third kappa shape index (κ3) is 9.08. The summed E-state index contributed by atoms with van der Waals surface area (Å²) >= 11 is 0. The van der Waals surface area contributed by atoms with Crippen LogP contribution in [0.1, 0.15) is 0 Å². The van der Waals surface area contributed by atoms with Crippen LogP contribution in [0.25, 0.3) is 0 Å². The van der Waals surface area contributed by atoms with Crippen molar-refractivity contribution < 1.29 is 87.8 Å². The Balaban J connectivity index is 1.48. The second-order valence-electron chi connectivity index (χ2n) is 18.4. The molecule has 0 N–H and O–H groups in total. The molecule has 0 saturated heterocycles. The van der Waals surface area contributed by atoms with Gasteiger partial charge in [-0.25, -0.2) is 87.8 Å². The lowest BCUT2D eigenvalue weighted by Crippen LogP contribution is -2.88. The Morgan fingerprint density at radius 2 is 0.512 bits per heavy atom. The fraction of sp³-hybridized carbons (Fsp3) is 0.0333. The van der Waals surface area contributed by atoms with E-state index in [1.165, 1.54) is 0 Å². The highest BCUT2D eigenvalue weighted by Crippen LogP contribution is 2.57. The molecule has 0 heterocycles. The maximum Gasteiger partial charge on any atom is 0.200 e. The van der Waals surface area contributed by atoms with E-state index in [0.29, 0.717) is 19.6 Å². The lowest BCUT2D eigenvalue weighted by molar-refractivity contribution is 0.258. The molecular weight excluding hydrogens is 1210 g/mol. The molecule has 430 valence electrons. The summed E-state index contributed by atoms with van der Waals surface area (Å²) in [5.74, 6) is -68.0. The minimum atomic E-state index is -7.70. The van der Waals surface area contributed by atoms with Gasteiger partial charge in [0.05, 0.1) is 27.6 Å². The van der Waals surface area contributed by atoms with E-state index in [1.807, 2.05) is 0 Å². The van der Waals surface area contributed by atoms with Crippen LogP contribution in [0.2, 0.25) is 0 Å². The smallest absolute Gasteiger partial charge is 0.200 e. The van der Waals surface area contributed by atoms with Gasteiger partial charge in [0.1, 0.15) is 47.2 Å². The van der Waals surface area contributed by atoms with Crippen molar-refractivity contribution in [3.63, 3.8) is 0 Å². The van der Waals surface area contributed by atoms with E-state index in [-0.39, 0.29) is 9.79 Å². The molecule has 2 atom stereocenters. The minimum absolute atomic E-state index is 0.148. The van der Waals surface area contributed by atoms with Crippen molar-refractivity contribution in [2.45, 2.75) is 50.0 Å². The molecule has 9 aromatic carbocycles. The predicted molar refractivity (Wildman–Crippen MR) is 276 cm³/mol. The molecule has 2 unspecified atom stereocenters. The van der Waals surface area contributed by atoms with E-state index in [2.05, 4.69) is 0 Å². The zero-order valence-electron chi connectivity index (χ0n) is 41.6. The van der Waals surface area contributed by atoms with Gasteiger partial charge in [-0.2, -0.15) is 9.79 Å².